The Bertz CT molecular complexity index is 877. The molecule has 0 saturated carbocycles. The van der Waals surface area contributed by atoms with Crippen molar-refractivity contribution in [3.05, 3.63) is 35.9 Å². The van der Waals surface area contributed by atoms with Gasteiger partial charge < -0.3 is 29.3 Å². The van der Waals surface area contributed by atoms with Gasteiger partial charge in [-0.1, -0.05) is 26.0 Å². The fourth-order valence-corrected chi connectivity index (χ4v) is 3.56. The minimum atomic E-state index is -0.162. The summed E-state index contributed by atoms with van der Waals surface area (Å²) in [4.78, 5) is 17.4. The predicted molar refractivity (Wildman–Crippen MR) is 119 cm³/mol. The molecule has 0 unspecified atom stereocenters. The fraction of sp³-hybridized carbons (Fsp3) is 0.435. The number of nitrogens with one attached hydrogen (secondary N) is 1. The molecule has 0 spiro atoms. The summed E-state index contributed by atoms with van der Waals surface area (Å²) in [5.41, 5.74) is 3.16. The second-order valence-corrected chi connectivity index (χ2v) is 7.29. The minimum absolute atomic E-state index is 0.109. The van der Waals surface area contributed by atoms with Crippen LogP contribution < -0.4 is 24.4 Å². The summed E-state index contributed by atoms with van der Waals surface area (Å²) in [6, 6.07) is 9.75. The van der Waals surface area contributed by atoms with E-state index < -0.39 is 0 Å². The molecule has 1 heterocycles. The SMILES string of the molecule is CCN(CC)CCNC(=O)c1cc2c(c(OC)c1-c1ccc(N(C)C)cc1)OCO2. The lowest BCUT2D eigenvalue weighted by atomic mass is 9.96. The first-order valence-corrected chi connectivity index (χ1v) is 10.3. The maximum absolute atomic E-state index is 13.2. The number of methoxy groups -OCH3 is 1. The van der Waals surface area contributed by atoms with Crippen LogP contribution in [-0.4, -0.2) is 65.0 Å². The maximum Gasteiger partial charge on any atom is 0.252 e. The van der Waals surface area contributed by atoms with Crippen molar-refractivity contribution in [1.29, 1.82) is 0 Å². The number of benzene rings is 2. The Morgan fingerprint density at radius 2 is 1.83 bits per heavy atom. The van der Waals surface area contributed by atoms with Crippen LogP contribution in [0.25, 0.3) is 11.1 Å². The van der Waals surface area contributed by atoms with Gasteiger partial charge in [0.15, 0.2) is 11.5 Å². The van der Waals surface area contributed by atoms with Crippen LogP contribution in [0.5, 0.6) is 17.2 Å². The number of carbonyl (C=O) groups excluding carboxylic acids is 1. The van der Waals surface area contributed by atoms with Gasteiger partial charge in [0.05, 0.1) is 12.7 Å². The number of amides is 1. The van der Waals surface area contributed by atoms with Crippen LogP contribution in [0.1, 0.15) is 24.2 Å². The van der Waals surface area contributed by atoms with Crippen LogP contribution in [-0.2, 0) is 0 Å². The van der Waals surface area contributed by atoms with Gasteiger partial charge in [0.2, 0.25) is 12.5 Å². The van der Waals surface area contributed by atoms with Gasteiger partial charge in [-0.15, -0.1) is 0 Å². The molecule has 0 bridgehead atoms. The molecule has 1 aliphatic rings. The van der Waals surface area contributed by atoms with Crippen molar-refractivity contribution < 1.29 is 19.0 Å². The van der Waals surface area contributed by atoms with Gasteiger partial charge in [-0.25, -0.2) is 0 Å². The van der Waals surface area contributed by atoms with E-state index in [0.29, 0.717) is 34.9 Å². The third-order valence-corrected chi connectivity index (χ3v) is 5.35. The molecule has 1 aliphatic heterocycles. The lowest BCUT2D eigenvalue weighted by molar-refractivity contribution is 0.0949. The summed E-state index contributed by atoms with van der Waals surface area (Å²) >= 11 is 0. The summed E-state index contributed by atoms with van der Waals surface area (Å²) < 4.78 is 16.9. The van der Waals surface area contributed by atoms with Crippen LogP contribution >= 0.6 is 0 Å². The van der Waals surface area contributed by atoms with Gasteiger partial charge in [0.1, 0.15) is 0 Å². The molecule has 30 heavy (non-hydrogen) atoms. The monoisotopic (exact) mass is 413 g/mol. The summed E-state index contributed by atoms with van der Waals surface area (Å²) in [5.74, 6) is 1.40. The molecule has 0 fully saturated rings. The average molecular weight is 414 g/mol. The zero-order valence-corrected chi connectivity index (χ0v) is 18.4. The number of nitrogens with zero attached hydrogens (tertiary/aromatic N) is 2. The molecule has 1 amide bonds. The largest absolute Gasteiger partial charge is 0.492 e. The number of fused-ring (bicyclic) bond motifs is 1. The molecule has 3 rings (SSSR count). The van der Waals surface area contributed by atoms with E-state index in [1.54, 1.807) is 13.2 Å². The van der Waals surface area contributed by atoms with Crippen molar-refractivity contribution in [2.24, 2.45) is 0 Å². The number of anilines is 1. The maximum atomic E-state index is 13.2. The topological polar surface area (TPSA) is 63.3 Å². The predicted octanol–water partition coefficient (Wildman–Crippen LogP) is 3.23. The van der Waals surface area contributed by atoms with E-state index in [9.17, 15) is 4.79 Å². The second kappa shape index (κ2) is 9.71. The molecule has 2 aromatic rings. The van der Waals surface area contributed by atoms with Gasteiger partial charge in [-0.05, 0) is 36.9 Å². The number of likely N-dealkylation sites (N-methyl/N-ethyl adjacent to an activating group) is 1. The van der Waals surface area contributed by atoms with Crippen LogP contribution in [0, 0.1) is 0 Å². The van der Waals surface area contributed by atoms with Gasteiger partial charge in [-0.2, -0.15) is 0 Å². The lowest BCUT2D eigenvalue weighted by Gasteiger charge is -2.20. The Kier molecular flexibility index (Phi) is 7.05. The number of rotatable bonds is 9. The summed E-state index contributed by atoms with van der Waals surface area (Å²) in [5, 5.41) is 3.04. The van der Waals surface area contributed by atoms with Crippen LogP contribution in [0.4, 0.5) is 5.69 Å². The van der Waals surface area contributed by atoms with E-state index >= 15 is 0 Å². The molecular formula is C23H31N3O4. The third-order valence-electron chi connectivity index (χ3n) is 5.35. The van der Waals surface area contributed by atoms with E-state index in [1.165, 1.54) is 0 Å². The van der Waals surface area contributed by atoms with Gasteiger partial charge in [-0.3, -0.25) is 4.79 Å². The molecule has 0 aromatic heterocycles. The van der Waals surface area contributed by atoms with Gasteiger partial charge in [0.25, 0.3) is 5.91 Å². The van der Waals surface area contributed by atoms with E-state index in [-0.39, 0.29) is 12.7 Å². The Balaban J connectivity index is 1.98. The van der Waals surface area contributed by atoms with E-state index in [1.807, 2.05) is 43.3 Å². The Morgan fingerprint density at radius 1 is 1.13 bits per heavy atom. The standard InChI is InChI=1S/C23H31N3O4/c1-6-26(7-2)13-12-24-23(27)18-14-19-21(30-15-29-19)22(28-5)20(18)16-8-10-17(11-9-16)25(3)4/h8-11,14H,6-7,12-13,15H2,1-5H3,(H,24,27). The summed E-state index contributed by atoms with van der Waals surface area (Å²) in [6.45, 7) is 7.61. The lowest BCUT2D eigenvalue weighted by Crippen LogP contribution is -2.35. The molecule has 1 N–H and O–H groups in total. The highest BCUT2D eigenvalue weighted by atomic mass is 16.7. The van der Waals surface area contributed by atoms with Gasteiger partial charge >= 0.3 is 0 Å². The van der Waals surface area contributed by atoms with E-state index in [0.717, 1.165) is 30.9 Å². The second-order valence-electron chi connectivity index (χ2n) is 7.29. The third kappa shape index (κ3) is 4.46. The van der Waals surface area contributed by atoms with Crippen molar-refractivity contribution in [2.45, 2.75) is 13.8 Å². The Hall–Kier alpha value is -2.93. The van der Waals surface area contributed by atoms with Crippen molar-refractivity contribution in [3.8, 4) is 28.4 Å². The van der Waals surface area contributed by atoms with Crippen LogP contribution in [0.2, 0.25) is 0 Å². The quantitative estimate of drug-likeness (QED) is 0.681. The zero-order valence-electron chi connectivity index (χ0n) is 18.4. The average Bonchev–Trinajstić information content (AvgIpc) is 3.23. The molecule has 7 heteroatoms. The molecule has 2 aromatic carbocycles. The highest BCUT2D eigenvalue weighted by molar-refractivity contribution is 6.04. The van der Waals surface area contributed by atoms with Crippen LogP contribution in [0.15, 0.2) is 30.3 Å². The van der Waals surface area contributed by atoms with Crippen molar-refractivity contribution in [2.75, 3.05) is 59.1 Å². The van der Waals surface area contributed by atoms with E-state index in [4.69, 9.17) is 14.2 Å². The highest BCUT2D eigenvalue weighted by Crippen LogP contribution is 2.49. The summed E-state index contributed by atoms with van der Waals surface area (Å²) in [6.07, 6.45) is 0. The first-order chi connectivity index (χ1) is 14.5. The number of hydrogen-bond acceptors (Lipinski definition) is 6. The normalized spacial score (nSPS) is 12.2. The van der Waals surface area contributed by atoms with E-state index in [2.05, 4.69) is 24.1 Å². The molecule has 0 saturated heterocycles. The van der Waals surface area contributed by atoms with Gasteiger partial charge in [0, 0.05) is 38.4 Å². The van der Waals surface area contributed by atoms with Crippen LogP contribution in [0.3, 0.4) is 0 Å². The minimum Gasteiger partial charge on any atom is -0.492 e. The first-order valence-electron chi connectivity index (χ1n) is 10.3. The summed E-state index contributed by atoms with van der Waals surface area (Å²) in [7, 11) is 5.56. The molecule has 162 valence electrons. The first kappa shape index (κ1) is 21.8. The number of ether oxygens (including phenoxy) is 3. The molecular weight excluding hydrogens is 382 g/mol. The molecule has 0 aliphatic carbocycles. The Morgan fingerprint density at radius 3 is 2.43 bits per heavy atom. The van der Waals surface area contributed by atoms with Crippen molar-refractivity contribution in [1.82, 2.24) is 10.2 Å². The molecule has 7 nitrogen and oxygen atoms in total. The Labute approximate surface area is 178 Å². The smallest absolute Gasteiger partial charge is 0.252 e. The number of carbonyl (C=O) groups is 1. The van der Waals surface area contributed by atoms with Crippen molar-refractivity contribution in [3.63, 3.8) is 0 Å². The number of hydrogen-bond donors (Lipinski definition) is 1. The zero-order chi connectivity index (χ0) is 21.7. The fourth-order valence-electron chi connectivity index (χ4n) is 3.56. The molecule has 0 atom stereocenters. The molecule has 0 radical (unpaired) electrons. The highest BCUT2D eigenvalue weighted by Gasteiger charge is 2.28. The van der Waals surface area contributed by atoms with Crippen molar-refractivity contribution >= 4 is 11.6 Å².